The Bertz CT molecular complexity index is 669. The maximum atomic E-state index is 3.87. The van der Waals surface area contributed by atoms with Crippen LogP contribution >= 0.6 is 0 Å². The smallest absolute Gasteiger partial charge is 0.0490 e. The van der Waals surface area contributed by atoms with Crippen molar-refractivity contribution in [3.05, 3.63) is 53.2 Å². The van der Waals surface area contributed by atoms with Crippen molar-refractivity contribution in [2.45, 2.75) is 41.2 Å². The van der Waals surface area contributed by atoms with Gasteiger partial charge in [-0.25, -0.2) is 0 Å². The van der Waals surface area contributed by atoms with Crippen LogP contribution in [-0.4, -0.2) is 4.57 Å². The average molecular weight is 267 g/mol. The minimum Gasteiger partial charge on any atom is -0.340 e. The van der Waals surface area contributed by atoms with E-state index in [-0.39, 0.29) is 0 Å². The van der Waals surface area contributed by atoms with E-state index >= 15 is 0 Å². The molecule has 0 bridgehead atoms. The van der Waals surface area contributed by atoms with Gasteiger partial charge in [-0.05, 0) is 55.5 Å². The van der Waals surface area contributed by atoms with E-state index in [1.807, 2.05) is 6.08 Å². The molecule has 1 aromatic carbocycles. The summed E-state index contributed by atoms with van der Waals surface area (Å²) in [5.41, 5.74) is 6.55. The second kappa shape index (κ2) is 5.70. The Labute approximate surface area is 122 Å². The van der Waals surface area contributed by atoms with Crippen LogP contribution in [-0.2, 0) is 6.54 Å². The molecule has 0 aliphatic heterocycles. The second-order valence-electron chi connectivity index (χ2n) is 6.13. The number of hydrogen-bond donors (Lipinski definition) is 0. The topological polar surface area (TPSA) is 4.93 Å². The summed E-state index contributed by atoms with van der Waals surface area (Å²) in [6, 6.07) is 6.74. The lowest BCUT2D eigenvalue weighted by atomic mass is 10.1. The zero-order valence-electron chi connectivity index (χ0n) is 13.3. The molecule has 20 heavy (non-hydrogen) atoms. The van der Waals surface area contributed by atoms with Gasteiger partial charge in [0, 0.05) is 23.1 Å². The van der Waals surface area contributed by atoms with E-state index in [2.05, 4.69) is 70.0 Å². The first-order valence-electron chi connectivity index (χ1n) is 7.34. The number of benzene rings is 1. The van der Waals surface area contributed by atoms with Crippen molar-refractivity contribution in [3.8, 4) is 0 Å². The summed E-state index contributed by atoms with van der Waals surface area (Å²) in [6.45, 7) is 15.9. The third-order valence-corrected chi connectivity index (χ3v) is 3.76. The predicted octanol–water partition coefficient (Wildman–Crippen LogP) is 5.50. The van der Waals surface area contributed by atoms with E-state index in [4.69, 9.17) is 0 Å². The quantitative estimate of drug-likeness (QED) is 0.644. The molecule has 0 saturated heterocycles. The molecule has 0 aliphatic rings. The van der Waals surface area contributed by atoms with Crippen molar-refractivity contribution >= 4 is 17.0 Å². The Morgan fingerprint density at radius 3 is 2.60 bits per heavy atom. The molecular weight excluding hydrogens is 242 g/mol. The fourth-order valence-electron chi connectivity index (χ4n) is 2.67. The highest BCUT2D eigenvalue weighted by molar-refractivity contribution is 5.88. The monoisotopic (exact) mass is 267 g/mol. The standard InChI is InChI=1S/C19H25N/c1-7-14(4)10-18-16(6)17-9-8-15(5)11-19(17)20(18)12-13(2)3/h7-11,13H,1,12H2,2-6H3/b14-10-. The summed E-state index contributed by atoms with van der Waals surface area (Å²) in [5, 5.41) is 1.36. The minimum atomic E-state index is 0.627. The van der Waals surface area contributed by atoms with Gasteiger partial charge in [-0.15, -0.1) is 0 Å². The number of aryl methyl sites for hydroxylation is 2. The van der Waals surface area contributed by atoms with Gasteiger partial charge in [0.15, 0.2) is 0 Å². The Kier molecular flexibility index (Phi) is 4.17. The van der Waals surface area contributed by atoms with Crippen LogP contribution in [0.4, 0.5) is 0 Å². The van der Waals surface area contributed by atoms with Gasteiger partial charge in [0.25, 0.3) is 0 Å². The maximum Gasteiger partial charge on any atom is 0.0490 e. The molecule has 0 N–H and O–H groups in total. The molecule has 0 fully saturated rings. The van der Waals surface area contributed by atoms with Crippen LogP contribution in [0.1, 0.15) is 37.6 Å². The van der Waals surface area contributed by atoms with Gasteiger partial charge in [-0.3, -0.25) is 0 Å². The Balaban J connectivity index is 2.76. The van der Waals surface area contributed by atoms with Gasteiger partial charge >= 0.3 is 0 Å². The van der Waals surface area contributed by atoms with E-state index in [9.17, 15) is 0 Å². The maximum absolute atomic E-state index is 3.87. The van der Waals surface area contributed by atoms with Gasteiger partial charge < -0.3 is 4.57 Å². The number of aromatic nitrogens is 1. The number of allylic oxidation sites excluding steroid dienone is 2. The molecule has 0 saturated carbocycles. The lowest BCUT2D eigenvalue weighted by Crippen LogP contribution is -2.06. The first kappa shape index (κ1) is 14.6. The van der Waals surface area contributed by atoms with E-state index < -0.39 is 0 Å². The van der Waals surface area contributed by atoms with Crippen molar-refractivity contribution < 1.29 is 0 Å². The largest absolute Gasteiger partial charge is 0.340 e. The fourth-order valence-corrected chi connectivity index (χ4v) is 2.67. The molecule has 0 radical (unpaired) electrons. The normalized spacial score (nSPS) is 12.4. The first-order chi connectivity index (χ1) is 9.43. The van der Waals surface area contributed by atoms with Crippen molar-refractivity contribution in [3.63, 3.8) is 0 Å². The molecule has 1 heteroatoms. The van der Waals surface area contributed by atoms with E-state index in [1.54, 1.807) is 0 Å². The summed E-state index contributed by atoms with van der Waals surface area (Å²) in [4.78, 5) is 0. The van der Waals surface area contributed by atoms with Crippen LogP contribution in [0.2, 0.25) is 0 Å². The third kappa shape index (κ3) is 2.72. The molecule has 2 aromatic rings. The van der Waals surface area contributed by atoms with Crippen molar-refractivity contribution in [1.29, 1.82) is 0 Å². The molecule has 1 nitrogen and oxygen atoms in total. The van der Waals surface area contributed by atoms with Crippen molar-refractivity contribution in [2.24, 2.45) is 5.92 Å². The van der Waals surface area contributed by atoms with Gasteiger partial charge in [0.2, 0.25) is 0 Å². The van der Waals surface area contributed by atoms with Crippen LogP contribution in [0.15, 0.2) is 36.4 Å². The molecular formula is C19H25N. The van der Waals surface area contributed by atoms with Gasteiger partial charge in [0.1, 0.15) is 0 Å². The van der Waals surface area contributed by atoms with Crippen LogP contribution < -0.4 is 0 Å². The van der Waals surface area contributed by atoms with Crippen molar-refractivity contribution in [1.82, 2.24) is 4.57 Å². The van der Waals surface area contributed by atoms with Crippen LogP contribution in [0.3, 0.4) is 0 Å². The molecule has 0 aliphatic carbocycles. The molecule has 0 unspecified atom stereocenters. The Hall–Kier alpha value is -1.76. The zero-order valence-corrected chi connectivity index (χ0v) is 13.3. The number of fused-ring (bicyclic) bond motifs is 1. The second-order valence-corrected chi connectivity index (χ2v) is 6.13. The molecule has 0 atom stereocenters. The number of nitrogens with zero attached hydrogens (tertiary/aromatic N) is 1. The first-order valence-corrected chi connectivity index (χ1v) is 7.34. The number of rotatable bonds is 4. The van der Waals surface area contributed by atoms with E-state index in [0.717, 1.165) is 6.54 Å². The molecule has 106 valence electrons. The zero-order chi connectivity index (χ0) is 14.9. The fraction of sp³-hybridized carbons (Fsp3) is 0.368. The summed E-state index contributed by atoms with van der Waals surface area (Å²) >= 11 is 0. The molecule has 1 aromatic heterocycles. The highest BCUT2D eigenvalue weighted by Gasteiger charge is 2.13. The summed E-state index contributed by atoms with van der Waals surface area (Å²) in [7, 11) is 0. The predicted molar refractivity (Wildman–Crippen MR) is 90.1 cm³/mol. The van der Waals surface area contributed by atoms with Crippen LogP contribution in [0, 0.1) is 19.8 Å². The number of hydrogen-bond acceptors (Lipinski definition) is 0. The summed E-state index contributed by atoms with van der Waals surface area (Å²) < 4.78 is 2.45. The van der Waals surface area contributed by atoms with Gasteiger partial charge in [-0.2, -0.15) is 0 Å². The SMILES string of the molecule is C=C/C(C)=C\c1c(C)c2ccc(C)cc2n1CC(C)C. The summed E-state index contributed by atoms with van der Waals surface area (Å²) in [5.74, 6) is 0.627. The Morgan fingerprint density at radius 1 is 1.30 bits per heavy atom. The molecule has 2 rings (SSSR count). The van der Waals surface area contributed by atoms with Gasteiger partial charge in [-0.1, -0.05) is 38.6 Å². The highest BCUT2D eigenvalue weighted by atomic mass is 15.0. The molecule has 1 heterocycles. The van der Waals surface area contributed by atoms with Gasteiger partial charge in [0.05, 0.1) is 0 Å². The van der Waals surface area contributed by atoms with Crippen LogP contribution in [0.5, 0.6) is 0 Å². The molecule has 0 amide bonds. The Morgan fingerprint density at radius 2 is 2.00 bits per heavy atom. The minimum absolute atomic E-state index is 0.627. The van der Waals surface area contributed by atoms with E-state index in [1.165, 1.54) is 33.3 Å². The highest BCUT2D eigenvalue weighted by Crippen LogP contribution is 2.29. The lowest BCUT2D eigenvalue weighted by Gasteiger charge is -2.12. The van der Waals surface area contributed by atoms with Crippen molar-refractivity contribution in [2.75, 3.05) is 0 Å². The molecule has 0 spiro atoms. The van der Waals surface area contributed by atoms with Crippen LogP contribution in [0.25, 0.3) is 17.0 Å². The average Bonchev–Trinajstić information content (AvgIpc) is 2.63. The third-order valence-electron chi connectivity index (χ3n) is 3.76. The summed E-state index contributed by atoms with van der Waals surface area (Å²) in [6.07, 6.45) is 4.17. The van der Waals surface area contributed by atoms with E-state index in [0.29, 0.717) is 5.92 Å². The lowest BCUT2D eigenvalue weighted by molar-refractivity contribution is 0.532.